The first-order valence-corrected chi connectivity index (χ1v) is 17.7. The van der Waals surface area contributed by atoms with Gasteiger partial charge >= 0.3 is 24.1 Å². The summed E-state index contributed by atoms with van der Waals surface area (Å²) < 4.78 is 21.2. The van der Waals surface area contributed by atoms with Gasteiger partial charge in [0, 0.05) is 25.7 Å². The molecule has 0 unspecified atom stereocenters. The van der Waals surface area contributed by atoms with Crippen molar-refractivity contribution in [2.75, 3.05) is 26.4 Å². The number of hydrogen-bond donors (Lipinski definition) is 2. The molecule has 270 valence electrons. The van der Waals surface area contributed by atoms with Gasteiger partial charge in [-0.1, -0.05) is 99.2 Å². The van der Waals surface area contributed by atoms with Crippen molar-refractivity contribution in [3.05, 3.63) is 71.8 Å². The third-order valence-corrected chi connectivity index (χ3v) is 7.30. The standard InChI is InChI=1S/C40H52N2O8/c1-3-5-27-47-37(43)35(31-33-23-17-15-18-24-33)41-39(45)49-29-21-13-11-9-7-8-10-12-14-22-30-50-40(46)42-36(38(44)48-28-6-4-2)32-34-25-19-16-20-26-34/h15-20,23-26,35-36H,3-6,11-14,21-22,27-32H2,1-2H3,(H,41,45)(H,42,46)/t35-,36-/m0/s1. The molecule has 2 aromatic carbocycles. The molecule has 2 amide bonds. The number of hydrogen-bond acceptors (Lipinski definition) is 8. The normalized spacial score (nSPS) is 11.3. The predicted octanol–water partition coefficient (Wildman–Crippen LogP) is 6.70. The SMILES string of the molecule is CCCCOC(=O)[C@H](Cc1ccccc1)NC(=O)OCCCCC#CC#CCCCCOC(=O)N[C@@H](Cc1ccccc1)C(=O)OCCCC. The minimum atomic E-state index is -0.825. The van der Waals surface area contributed by atoms with Crippen LogP contribution in [0.3, 0.4) is 0 Å². The zero-order valence-corrected chi connectivity index (χ0v) is 29.5. The maximum absolute atomic E-state index is 12.5. The Morgan fingerprint density at radius 2 is 0.920 bits per heavy atom. The summed E-state index contributed by atoms with van der Waals surface area (Å²) in [5, 5.41) is 5.28. The van der Waals surface area contributed by atoms with E-state index in [1.54, 1.807) is 0 Å². The summed E-state index contributed by atoms with van der Waals surface area (Å²) in [5.41, 5.74) is 1.82. The zero-order chi connectivity index (χ0) is 36.1. The largest absolute Gasteiger partial charge is 0.464 e. The topological polar surface area (TPSA) is 129 Å². The van der Waals surface area contributed by atoms with Gasteiger partial charge in [0.15, 0.2) is 0 Å². The first kappa shape index (κ1) is 41.2. The molecule has 0 saturated heterocycles. The van der Waals surface area contributed by atoms with Crippen molar-refractivity contribution in [1.82, 2.24) is 10.6 Å². The second-order valence-electron chi connectivity index (χ2n) is 11.6. The maximum Gasteiger partial charge on any atom is 0.407 e. The number of benzene rings is 2. The number of ether oxygens (including phenoxy) is 4. The lowest BCUT2D eigenvalue weighted by Crippen LogP contribution is -2.43. The van der Waals surface area contributed by atoms with Gasteiger partial charge < -0.3 is 29.6 Å². The monoisotopic (exact) mass is 688 g/mol. The molecule has 0 aliphatic rings. The molecule has 10 nitrogen and oxygen atoms in total. The first-order chi connectivity index (χ1) is 24.4. The Bertz CT molecular complexity index is 1280. The molecular weight excluding hydrogens is 636 g/mol. The molecule has 0 aliphatic heterocycles. The molecule has 10 heteroatoms. The first-order valence-electron chi connectivity index (χ1n) is 17.7. The number of carbonyl (C=O) groups excluding carboxylic acids is 4. The van der Waals surface area contributed by atoms with Crippen LogP contribution < -0.4 is 10.6 Å². The average molecular weight is 689 g/mol. The Labute approximate surface area is 297 Å². The van der Waals surface area contributed by atoms with E-state index in [1.807, 2.05) is 74.5 Å². The number of unbranched alkanes of at least 4 members (excludes halogenated alkanes) is 6. The minimum Gasteiger partial charge on any atom is -0.464 e. The van der Waals surface area contributed by atoms with E-state index < -0.39 is 36.2 Å². The predicted molar refractivity (Wildman–Crippen MR) is 192 cm³/mol. The summed E-state index contributed by atoms with van der Waals surface area (Å²) >= 11 is 0. The Kier molecular flexibility index (Phi) is 22.2. The Morgan fingerprint density at radius 3 is 1.30 bits per heavy atom. The Balaban J connectivity index is 1.59. The van der Waals surface area contributed by atoms with Crippen molar-refractivity contribution in [3.8, 4) is 23.7 Å². The zero-order valence-electron chi connectivity index (χ0n) is 29.5. The highest BCUT2D eigenvalue weighted by Crippen LogP contribution is 2.08. The Morgan fingerprint density at radius 1 is 0.540 bits per heavy atom. The summed E-state index contributed by atoms with van der Waals surface area (Å²) in [6.07, 6.45) is 6.59. The van der Waals surface area contributed by atoms with Gasteiger partial charge in [0.25, 0.3) is 0 Å². The molecule has 0 heterocycles. The van der Waals surface area contributed by atoms with Gasteiger partial charge in [-0.15, -0.1) is 0 Å². The van der Waals surface area contributed by atoms with Gasteiger partial charge in [-0.2, -0.15) is 0 Å². The summed E-state index contributed by atoms with van der Waals surface area (Å²) in [5.74, 6) is 10.7. The molecule has 0 aromatic heterocycles. The molecule has 2 atom stereocenters. The quantitative estimate of drug-likeness (QED) is 0.0606. The van der Waals surface area contributed by atoms with Gasteiger partial charge in [0.2, 0.25) is 0 Å². The minimum absolute atomic E-state index is 0.207. The second-order valence-corrected chi connectivity index (χ2v) is 11.6. The number of nitrogens with one attached hydrogen (secondary N) is 2. The smallest absolute Gasteiger partial charge is 0.407 e. The van der Waals surface area contributed by atoms with Crippen LogP contribution in [0, 0.1) is 23.7 Å². The van der Waals surface area contributed by atoms with Gasteiger partial charge in [0.05, 0.1) is 26.4 Å². The van der Waals surface area contributed by atoms with E-state index in [9.17, 15) is 19.2 Å². The molecule has 0 radical (unpaired) electrons. The van der Waals surface area contributed by atoms with E-state index in [0.29, 0.717) is 51.7 Å². The lowest BCUT2D eigenvalue weighted by Gasteiger charge is -2.17. The highest BCUT2D eigenvalue weighted by atomic mass is 16.6. The lowest BCUT2D eigenvalue weighted by molar-refractivity contribution is -0.147. The average Bonchev–Trinajstić information content (AvgIpc) is 3.12. The lowest BCUT2D eigenvalue weighted by atomic mass is 10.1. The molecular formula is C40H52N2O8. The van der Waals surface area contributed by atoms with Crippen molar-refractivity contribution in [1.29, 1.82) is 0 Å². The summed E-state index contributed by atoms with van der Waals surface area (Å²) in [7, 11) is 0. The van der Waals surface area contributed by atoms with Crippen LogP contribution in [0.1, 0.15) is 89.2 Å². The summed E-state index contributed by atoms with van der Waals surface area (Å²) in [6.45, 7) is 5.07. The van der Waals surface area contributed by atoms with E-state index in [2.05, 4.69) is 34.3 Å². The summed E-state index contributed by atoms with van der Waals surface area (Å²) in [6, 6.07) is 17.2. The second kappa shape index (κ2) is 26.9. The van der Waals surface area contributed by atoms with Gasteiger partial charge in [-0.3, -0.25) is 0 Å². The number of amides is 2. The van der Waals surface area contributed by atoms with E-state index in [-0.39, 0.29) is 13.2 Å². The van der Waals surface area contributed by atoms with Crippen molar-refractivity contribution in [3.63, 3.8) is 0 Å². The van der Waals surface area contributed by atoms with Gasteiger partial charge in [-0.25, -0.2) is 19.2 Å². The fourth-order valence-corrected chi connectivity index (χ4v) is 4.46. The van der Waals surface area contributed by atoms with Crippen LogP contribution >= 0.6 is 0 Å². The number of esters is 2. The van der Waals surface area contributed by atoms with E-state index >= 15 is 0 Å². The van der Waals surface area contributed by atoms with Crippen LogP contribution in [0.4, 0.5) is 9.59 Å². The third-order valence-electron chi connectivity index (χ3n) is 7.30. The summed E-state index contributed by atoms with van der Waals surface area (Å²) in [4.78, 5) is 49.8. The van der Waals surface area contributed by atoms with Crippen molar-refractivity contribution < 1.29 is 38.1 Å². The van der Waals surface area contributed by atoms with Crippen LogP contribution in [0.15, 0.2) is 60.7 Å². The van der Waals surface area contributed by atoms with E-state index in [4.69, 9.17) is 18.9 Å². The van der Waals surface area contributed by atoms with Crippen LogP contribution in [0.2, 0.25) is 0 Å². The molecule has 0 spiro atoms. The van der Waals surface area contributed by atoms with Crippen LogP contribution in [-0.4, -0.2) is 62.6 Å². The van der Waals surface area contributed by atoms with Gasteiger partial charge in [-0.05, 0) is 61.5 Å². The number of rotatable bonds is 22. The highest BCUT2D eigenvalue weighted by Gasteiger charge is 2.24. The number of alkyl carbamates (subject to hydrolysis) is 2. The van der Waals surface area contributed by atoms with E-state index in [1.165, 1.54) is 0 Å². The van der Waals surface area contributed by atoms with Crippen molar-refractivity contribution >= 4 is 24.1 Å². The molecule has 0 aliphatic carbocycles. The highest BCUT2D eigenvalue weighted by molar-refractivity contribution is 5.82. The molecule has 2 N–H and O–H groups in total. The van der Waals surface area contributed by atoms with Crippen LogP contribution in [0.25, 0.3) is 0 Å². The molecule has 0 saturated carbocycles. The molecule has 2 aromatic rings. The van der Waals surface area contributed by atoms with E-state index in [0.717, 1.165) is 49.7 Å². The molecule has 2 rings (SSSR count). The fourth-order valence-electron chi connectivity index (χ4n) is 4.46. The van der Waals surface area contributed by atoms with Crippen molar-refractivity contribution in [2.45, 2.75) is 103 Å². The maximum atomic E-state index is 12.5. The molecule has 0 fully saturated rings. The van der Waals surface area contributed by atoms with Gasteiger partial charge in [0.1, 0.15) is 12.1 Å². The van der Waals surface area contributed by atoms with Crippen LogP contribution in [-0.2, 0) is 41.4 Å². The fraction of sp³-hybridized carbons (Fsp3) is 0.500. The molecule has 0 bridgehead atoms. The van der Waals surface area contributed by atoms with Crippen LogP contribution in [0.5, 0.6) is 0 Å². The third kappa shape index (κ3) is 19.8. The molecule has 50 heavy (non-hydrogen) atoms. The number of carbonyl (C=O) groups is 4. The van der Waals surface area contributed by atoms with Crippen molar-refractivity contribution in [2.24, 2.45) is 0 Å². The Hall–Kier alpha value is -4.96.